The lowest BCUT2D eigenvalue weighted by atomic mass is 10.1. The average Bonchev–Trinajstić information content (AvgIpc) is 3.36. The molecule has 2 saturated heterocycles. The summed E-state index contributed by atoms with van der Waals surface area (Å²) in [5.41, 5.74) is 0.225. The van der Waals surface area contributed by atoms with Crippen molar-refractivity contribution < 1.29 is 18.1 Å². The zero-order valence-corrected chi connectivity index (χ0v) is 17.0. The van der Waals surface area contributed by atoms with E-state index in [1.807, 2.05) is 0 Å². The smallest absolute Gasteiger partial charge is 0.270 e. The molecule has 2 aliphatic rings. The van der Waals surface area contributed by atoms with Gasteiger partial charge in [-0.2, -0.15) is 4.31 Å². The Hall–Kier alpha value is -1.75. The van der Waals surface area contributed by atoms with Crippen molar-refractivity contribution in [3.8, 4) is 0 Å². The van der Waals surface area contributed by atoms with E-state index >= 15 is 0 Å². The molecule has 2 heterocycles. The first-order valence-corrected chi connectivity index (χ1v) is 11.1. The lowest BCUT2D eigenvalue weighted by Crippen LogP contribution is -2.29. The number of nitro groups is 1. The average molecular weight is 413 g/mol. The van der Waals surface area contributed by atoms with Gasteiger partial charge in [0, 0.05) is 52.0 Å². The second kappa shape index (κ2) is 9.17. The fraction of sp³-hybridized carbons (Fsp3) is 0.667. The van der Waals surface area contributed by atoms with E-state index in [4.69, 9.17) is 4.74 Å². The number of nitrogens with zero attached hydrogens (tertiary/aromatic N) is 3. The van der Waals surface area contributed by atoms with Crippen molar-refractivity contribution in [3.63, 3.8) is 0 Å². The van der Waals surface area contributed by atoms with Crippen LogP contribution in [0.25, 0.3) is 0 Å². The lowest BCUT2D eigenvalue weighted by molar-refractivity contribution is -0.385. The maximum atomic E-state index is 13.0. The highest BCUT2D eigenvalue weighted by Crippen LogP contribution is 2.31. The molecule has 2 aliphatic heterocycles. The number of hydrogen-bond acceptors (Lipinski definition) is 7. The topological polar surface area (TPSA) is 105 Å². The van der Waals surface area contributed by atoms with E-state index in [0.29, 0.717) is 37.8 Å². The first kappa shape index (κ1) is 21.0. The van der Waals surface area contributed by atoms with Crippen LogP contribution in [0.2, 0.25) is 0 Å². The SMILES string of the molecule is COCCN1CC[C@@H](CNc2ccc([N+](=O)[O-])cc2S(=O)(=O)N2CCCC2)C1. The fourth-order valence-electron chi connectivity index (χ4n) is 3.81. The highest BCUT2D eigenvalue weighted by atomic mass is 32.2. The van der Waals surface area contributed by atoms with E-state index in [9.17, 15) is 18.5 Å². The number of ether oxygens (including phenoxy) is 1. The number of rotatable bonds is 9. The molecule has 0 aliphatic carbocycles. The van der Waals surface area contributed by atoms with Gasteiger partial charge in [-0.1, -0.05) is 0 Å². The van der Waals surface area contributed by atoms with Gasteiger partial charge < -0.3 is 15.0 Å². The number of nitrogens with one attached hydrogen (secondary N) is 1. The molecule has 1 aromatic rings. The quantitative estimate of drug-likeness (QED) is 0.487. The highest BCUT2D eigenvalue weighted by molar-refractivity contribution is 7.89. The summed E-state index contributed by atoms with van der Waals surface area (Å²) in [6.45, 7) is 5.05. The largest absolute Gasteiger partial charge is 0.384 e. The Labute approximate surface area is 165 Å². The van der Waals surface area contributed by atoms with Gasteiger partial charge in [-0.05, 0) is 37.8 Å². The Balaban J connectivity index is 1.74. The van der Waals surface area contributed by atoms with Gasteiger partial charge in [-0.25, -0.2) is 8.42 Å². The Kier molecular flexibility index (Phi) is 6.86. The summed E-state index contributed by atoms with van der Waals surface area (Å²) in [6.07, 6.45) is 2.66. The Bertz CT molecular complexity index is 795. The minimum Gasteiger partial charge on any atom is -0.384 e. The minimum atomic E-state index is -3.75. The third kappa shape index (κ3) is 4.80. The van der Waals surface area contributed by atoms with Crippen molar-refractivity contribution >= 4 is 21.4 Å². The number of nitro benzene ring substituents is 1. The number of non-ortho nitro benzene ring substituents is 1. The standard InChI is InChI=1S/C18H28N4O5S/c1-27-11-10-20-9-6-15(14-20)13-19-17-5-4-16(22(23)24)12-18(17)28(25,26)21-7-2-3-8-21/h4-5,12,15,19H,2-3,6-11,13-14H2,1H3/t15-/m0/s1. The van der Waals surface area contributed by atoms with Gasteiger partial charge in [0.25, 0.3) is 5.69 Å². The van der Waals surface area contributed by atoms with E-state index in [1.54, 1.807) is 7.11 Å². The molecule has 0 saturated carbocycles. The molecule has 0 amide bonds. The Morgan fingerprint density at radius 2 is 2.04 bits per heavy atom. The number of anilines is 1. The molecule has 0 unspecified atom stereocenters. The van der Waals surface area contributed by atoms with Gasteiger partial charge in [0.2, 0.25) is 10.0 Å². The predicted molar refractivity (Wildman–Crippen MR) is 106 cm³/mol. The molecule has 1 aromatic carbocycles. The summed E-state index contributed by atoms with van der Waals surface area (Å²) in [6, 6.07) is 4.04. The Morgan fingerprint density at radius 3 is 2.71 bits per heavy atom. The summed E-state index contributed by atoms with van der Waals surface area (Å²) in [7, 11) is -2.07. The molecule has 10 heteroatoms. The van der Waals surface area contributed by atoms with Crippen LogP contribution in [0.4, 0.5) is 11.4 Å². The third-order valence-electron chi connectivity index (χ3n) is 5.42. The first-order chi connectivity index (χ1) is 13.4. The van der Waals surface area contributed by atoms with E-state index in [-0.39, 0.29) is 10.6 Å². The number of hydrogen-bond donors (Lipinski definition) is 1. The fourth-order valence-corrected chi connectivity index (χ4v) is 5.51. The van der Waals surface area contributed by atoms with Crippen LogP contribution in [0.15, 0.2) is 23.1 Å². The zero-order chi connectivity index (χ0) is 20.1. The maximum Gasteiger partial charge on any atom is 0.270 e. The lowest BCUT2D eigenvalue weighted by Gasteiger charge is -2.20. The third-order valence-corrected chi connectivity index (χ3v) is 7.36. The summed E-state index contributed by atoms with van der Waals surface area (Å²) >= 11 is 0. The van der Waals surface area contributed by atoms with Crippen LogP contribution in [0.5, 0.6) is 0 Å². The predicted octanol–water partition coefficient (Wildman–Crippen LogP) is 1.76. The van der Waals surface area contributed by atoms with Crippen LogP contribution < -0.4 is 5.32 Å². The molecule has 1 atom stereocenters. The number of likely N-dealkylation sites (tertiary alicyclic amines) is 1. The van der Waals surface area contributed by atoms with Crippen LogP contribution in [0.1, 0.15) is 19.3 Å². The van der Waals surface area contributed by atoms with Crippen LogP contribution in [0, 0.1) is 16.0 Å². The van der Waals surface area contributed by atoms with Crippen molar-refractivity contribution in [2.24, 2.45) is 5.92 Å². The molecule has 2 fully saturated rings. The van der Waals surface area contributed by atoms with E-state index in [0.717, 1.165) is 38.9 Å². The molecular weight excluding hydrogens is 384 g/mol. The first-order valence-electron chi connectivity index (χ1n) is 9.65. The van der Waals surface area contributed by atoms with Crippen molar-refractivity contribution in [3.05, 3.63) is 28.3 Å². The molecule has 0 radical (unpaired) electrons. The molecule has 0 bridgehead atoms. The molecule has 0 aromatic heterocycles. The molecule has 1 N–H and O–H groups in total. The van der Waals surface area contributed by atoms with Gasteiger partial charge >= 0.3 is 0 Å². The van der Waals surface area contributed by atoms with Gasteiger partial charge in [-0.3, -0.25) is 10.1 Å². The Morgan fingerprint density at radius 1 is 1.29 bits per heavy atom. The molecular formula is C18H28N4O5S. The summed E-state index contributed by atoms with van der Waals surface area (Å²) in [4.78, 5) is 12.9. The van der Waals surface area contributed by atoms with Crippen LogP contribution in [0.3, 0.4) is 0 Å². The molecule has 28 heavy (non-hydrogen) atoms. The number of sulfonamides is 1. The van der Waals surface area contributed by atoms with Gasteiger partial charge in [-0.15, -0.1) is 0 Å². The summed E-state index contributed by atoms with van der Waals surface area (Å²) < 4.78 is 32.6. The van der Waals surface area contributed by atoms with Gasteiger partial charge in [0.05, 0.1) is 17.2 Å². The van der Waals surface area contributed by atoms with Crippen LogP contribution in [-0.4, -0.2) is 75.5 Å². The normalized spacial score (nSPS) is 21.2. The van der Waals surface area contributed by atoms with E-state index < -0.39 is 14.9 Å². The zero-order valence-electron chi connectivity index (χ0n) is 16.2. The summed E-state index contributed by atoms with van der Waals surface area (Å²) in [5, 5.41) is 14.4. The van der Waals surface area contributed by atoms with E-state index in [2.05, 4.69) is 10.2 Å². The highest BCUT2D eigenvalue weighted by Gasteiger charge is 2.31. The van der Waals surface area contributed by atoms with Crippen molar-refractivity contribution in [1.29, 1.82) is 0 Å². The van der Waals surface area contributed by atoms with Crippen molar-refractivity contribution in [2.75, 3.05) is 58.3 Å². The molecule has 3 rings (SSSR count). The van der Waals surface area contributed by atoms with E-state index in [1.165, 1.54) is 22.5 Å². The van der Waals surface area contributed by atoms with Crippen molar-refractivity contribution in [1.82, 2.24) is 9.21 Å². The van der Waals surface area contributed by atoms with Gasteiger partial charge in [0.1, 0.15) is 4.90 Å². The second-order valence-electron chi connectivity index (χ2n) is 7.38. The number of methoxy groups -OCH3 is 1. The molecule has 0 spiro atoms. The van der Waals surface area contributed by atoms with Crippen LogP contribution >= 0.6 is 0 Å². The maximum absolute atomic E-state index is 13.0. The molecule has 9 nitrogen and oxygen atoms in total. The van der Waals surface area contributed by atoms with Crippen molar-refractivity contribution in [2.45, 2.75) is 24.2 Å². The summed E-state index contributed by atoms with van der Waals surface area (Å²) in [5.74, 6) is 0.398. The van der Waals surface area contributed by atoms with Crippen LogP contribution in [-0.2, 0) is 14.8 Å². The monoisotopic (exact) mass is 412 g/mol. The molecule has 156 valence electrons. The second-order valence-corrected chi connectivity index (χ2v) is 9.28. The minimum absolute atomic E-state index is 0.00200. The number of benzene rings is 1. The van der Waals surface area contributed by atoms with Gasteiger partial charge in [0.15, 0.2) is 0 Å².